The van der Waals surface area contributed by atoms with Crippen LogP contribution in [0, 0.1) is 18.3 Å². The lowest BCUT2D eigenvalue weighted by atomic mass is 10.1. The van der Waals surface area contributed by atoms with E-state index >= 15 is 0 Å². The van der Waals surface area contributed by atoms with Crippen molar-refractivity contribution in [2.24, 2.45) is 0 Å². The van der Waals surface area contributed by atoms with Gasteiger partial charge in [-0.25, -0.2) is 0 Å². The minimum atomic E-state index is -0.304. The fourth-order valence-corrected chi connectivity index (χ4v) is 2.32. The number of anilines is 1. The second-order valence-corrected chi connectivity index (χ2v) is 5.66. The molecule has 0 saturated carbocycles. The number of hydrogen-bond acceptors (Lipinski definition) is 3. The van der Waals surface area contributed by atoms with Gasteiger partial charge >= 0.3 is 0 Å². The fraction of sp³-hybridized carbons (Fsp3) is 0.263. The summed E-state index contributed by atoms with van der Waals surface area (Å²) in [6, 6.07) is 16.9. The molecule has 2 rings (SSSR count). The summed E-state index contributed by atoms with van der Waals surface area (Å²) in [6.07, 6.45) is 0. The van der Waals surface area contributed by atoms with Gasteiger partial charge in [0.15, 0.2) is 0 Å². The normalized spacial score (nSPS) is 11.8. The van der Waals surface area contributed by atoms with Crippen LogP contribution in [0.2, 0.25) is 0 Å². The minimum absolute atomic E-state index is 0.121. The Morgan fingerprint density at radius 2 is 1.87 bits per heavy atom. The van der Waals surface area contributed by atoms with Gasteiger partial charge in [-0.05, 0) is 44.2 Å². The van der Waals surface area contributed by atoms with Crippen LogP contribution in [0.3, 0.4) is 0 Å². The van der Waals surface area contributed by atoms with Gasteiger partial charge in [-0.2, -0.15) is 5.26 Å². The van der Waals surface area contributed by atoms with E-state index < -0.39 is 0 Å². The maximum Gasteiger partial charge on any atom is 0.241 e. The van der Waals surface area contributed by atoms with Crippen LogP contribution in [0.1, 0.15) is 23.6 Å². The predicted molar refractivity (Wildman–Crippen MR) is 91.9 cm³/mol. The minimum Gasteiger partial charge on any atom is -0.324 e. The molecule has 1 amide bonds. The molecule has 4 nitrogen and oxygen atoms in total. The Balaban J connectivity index is 2.04. The Kier molecular flexibility index (Phi) is 5.51. The number of nitrogens with one attached hydrogen (secondary N) is 1. The standard InChI is InChI=1S/C19H21N3O/c1-14-8-4-5-10-17(14)13-22(3)15(2)19(23)21-18-11-7-6-9-16(18)12-20/h4-11,15H,13H2,1-3H3,(H,21,23)/t15-/m0/s1. The molecule has 1 N–H and O–H groups in total. The fourth-order valence-electron chi connectivity index (χ4n) is 2.32. The number of carbonyl (C=O) groups excluding carboxylic acids is 1. The highest BCUT2D eigenvalue weighted by Gasteiger charge is 2.19. The average Bonchev–Trinajstić information content (AvgIpc) is 2.56. The van der Waals surface area contributed by atoms with Crippen LogP contribution >= 0.6 is 0 Å². The number of likely N-dealkylation sites (N-methyl/N-ethyl adjacent to an activating group) is 1. The summed E-state index contributed by atoms with van der Waals surface area (Å²) in [5.41, 5.74) is 3.43. The van der Waals surface area contributed by atoms with E-state index in [1.54, 1.807) is 24.3 Å². The third-order valence-electron chi connectivity index (χ3n) is 4.03. The van der Waals surface area contributed by atoms with E-state index in [2.05, 4.69) is 30.4 Å². The van der Waals surface area contributed by atoms with E-state index in [1.165, 1.54) is 11.1 Å². The zero-order valence-electron chi connectivity index (χ0n) is 13.7. The van der Waals surface area contributed by atoms with Crippen molar-refractivity contribution < 1.29 is 4.79 Å². The summed E-state index contributed by atoms with van der Waals surface area (Å²) < 4.78 is 0. The summed E-state index contributed by atoms with van der Waals surface area (Å²) in [4.78, 5) is 14.4. The van der Waals surface area contributed by atoms with Crippen molar-refractivity contribution in [2.75, 3.05) is 12.4 Å². The van der Waals surface area contributed by atoms with Crippen LogP contribution in [-0.4, -0.2) is 23.9 Å². The molecule has 0 unspecified atom stereocenters. The van der Waals surface area contributed by atoms with Crippen molar-refractivity contribution in [3.05, 3.63) is 65.2 Å². The first-order valence-electron chi connectivity index (χ1n) is 7.57. The Morgan fingerprint density at radius 1 is 1.22 bits per heavy atom. The molecule has 0 saturated heterocycles. The van der Waals surface area contributed by atoms with Gasteiger partial charge in [0.25, 0.3) is 0 Å². The molecule has 0 spiro atoms. The Hall–Kier alpha value is -2.64. The smallest absolute Gasteiger partial charge is 0.241 e. The molecule has 0 radical (unpaired) electrons. The summed E-state index contributed by atoms with van der Waals surface area (Å²) in [6.45, 7) is 4.63. The van der Waals surface area contributed by atoms with Gasteiger partial charge in [0.05, 0.1) is 17.3 Å². The molecule has 23 heavy (non-hydrogen) atoms. The largest absolute Gasteiger partial charge is 0.324 e. The zero-order valence-corrected chi connectivity index (χ0v) is 13.7. The maximum atomic E-state index is 12.4. The van der Waals surface area contributed by atoms with Gasteiger partial charge in [-0.15, -0.1) is 0 Å². The number of nitrogens with zero attached hydrogens (tertiary/aromatic N) is 2. The van der Waals surface area contributed by atoms with E-state index in [9.17, 15) is 4.79 Å². The van der Waals surface area contributed by atoms with Crippen LogP contribution in [-0.2, 0) is 11.3 Å². The molecule has 4 heteroatoms. The molecule has 0 aliphatic rings. The quantitative estimate of drug-likeness (QED) is 0.922. The molecule has 1 atom stereocenters. The first-order valence-corrected chi connectivity index (χ1v) is 7.57. The van der Waals surface area contributed by atoms with Crippen LogP contribution < -0.4 is 5.32 Å². The molecule has 0 aliphatic heterocycles. The van der Waals surface area contributed by atoms with Gasteiger partial charge in [0.1, 0.15) is 6.07 Å². The van der Waals surface area contributed by atoms with Crippen LogP contribution in [0.15, 0.2) is 48.5 Å². The van der Waals surface area contributed by atoms with Crippen molar-refractivity contribution in [1.82, 2.24) is 4.90 Å². The van der Waals surface area contributed by atoms with Crippen LogP contribution in [0.25, 0.3) is 0 Å². The van der Waals surface area contributed by atoms with E-state index in [1.807, 2.05) is 31.0 Å². The van der Waals surface area contributed by atoms with E-state index in [0.717, 1.165) is 0 Å². The van der Waals surface area contributed by atoms with Crippen molar-refractivity contribution >= 4 is 11.6 Å². The third kappa shape index (κ3) is 4.18. The van der Waals surface area contributed by atoms with E-state index in [0.29, 0.717) is 17.8 Å². The number of para-hydroxylation sites is 1. The van der Waals surface area contributed by atoms with Gasteiger partial charge in [-0.1, -0.05) is 36.4 Å². The SMILES string of the molecule is Cc1ccccc1CN(C)[C@@H](C)C(=O)Nc1ccccc1C#N. The molecule has 0 aliphatic carbocycles. The van der Waals surface area contributed by atoms with Crippen molar-refractivity contribution in [3.8, 4) is 6.07 Å². The molecule has 2 aromatic rings. The molecular formula is C19H21N3O. The maximum absolute atomic E-state index is 12.4. The third-order valence-corrected chi connectivity index (χ3v) is 4.03. The monoisotopic (exact) mass is 307 g/mol. The van der Waals surface area contributed by atoms with Crippen LogP contribution in [0.4, 0.5) is 5.69 Å². The van der Waals surface area contributed by atoms with Gasteiger partial charge in [-0.3, -0.25) is 9.69 Å². The number of hydrogen-bond donors (Lipinski definition) is 1. The number of benzene rings is 2. The summed E-state index contributed by atoms with van der Waals surface area (Å²) in [7, 11) is 1.92. The lowest BCUT2D eigenvalue weighted by Crippen LogP contribution is -2.39. The summed E-state index contributed by atoms with van der Waals surface area (Å²) >= 11 is 0. The van der Waals surface area contributed by atoms with Crippen molar-refractivity contribution in [3.63, 3.8) is 0 Å². The Morgan fingerprint density at radius 3 is 2.57 bits per heavy atom. The molecule has 2 aromatic carbocycles. The highest BCUT2D eigenvalue weighted by Crippen LogP contribution is 2.16. The van der Waals surface area contributed by atoms with E-state index in [4.69, 9.17) is 5.26 Å². The molecule has 0 fully saturated rings. The van der Waals surface area contributed by atoms with Gasteiger partial charge in [0.2, 0.25) is 5.91 Å². The Labute approximate surface area is 137 Å². The second-order valence-electron chi connectivity index (χ2n) is 5.66. The lowest BCUT2D eigenvalue weighted by molar-refractivity contribution is -0.120. The predicted octanol–water partition coefficient (Wildman–Crippen LogP) is 3.33. The van der Waals surface area contributed by atoms with Gasteiger partial charge < -0.3 is 5.32 Å². The lowest BCUT2D eigenvalue weighted by Gasteiger charge is -2.24. The van der Waals surface area contributed by atoms with Crippen molar-refractivity contribution in [2.45, 2.75) is 26.4 Å². The highest BCUT2D eigenvalue weighted by atomic mass is 16.2. The highest BCUT2D eigenvalue weighted by molar-refractivity contribution is 5.95. The topological polar surface area (TPSA) is 56.1 Å². The average molecular weight is 307 g/mol. The molecule has 118 valence electrons. The number of rotatable bonds is 5. The summed E-state index contributed by atoms with van der Waals surface area (Å²) in [5, 5.41) is 11.9. The molecule has 0 aromatic heterocycles. The Bertz CT molecular complexity index is 733. The molecular weight excluding hydrogens is 286 g/mol. The van der Waals surface area contributed by atoms with Gasteiger partial charge in [0, 0.05) is 6.54 Å². The zero-order chi connectivity index (χ0) is 16.8. The second kappa shape index (κ2) is 7.57. The molecule has 0 bridgehead atoms. The first-order chi connectivity index (χ1) is 11.0. The van der Waals surface area contributed by atoms with Crippen LogP contribution in [0.5, 0.6) is 0 Å². The number of nitriles is 1. The first kappa shape index (κ1) is 16.7. The van der Waals surface area contributed by atoms with Crippen molar-refractivity contribution in [1.29, 1.82) is 5.26 Å². The molecule has 0 heterocycles. The number of carbonyl (C=O) groups is 1. The van der Waals surface area contributed by atoms with E-state index in [-0.39, 0.29) is 11.9 Å². The number of aryl methyl sites for hydroxylation is 1. The summed E-state index contributed by atoms with van der Waals surface area (Å²) in [5.74, 6) is -0.121. The number of amides is 1.